The van der Waals surface area contributed by atoms with Crippen LogP contribution in [0.15, 0.2) is 34.5 Å². The molecule has 0 aliphatic carbocycles. The first-order valence-corrected chi connectivity index (χ1v) is 7.39. The summed E-state index contributed by atoms with van der Waals surface area (Å²) in [5, 5.41) is 8.64. The SMILES string of the molecule is COCCN1C(N)=C(N)N(c2ccc(Cl)c(Cl)c2)c2nonc21. The zero-order chi connectivity index (χ0) is 16.6. The van der Waals surface area contributed by atoms with Crippen molar-refractivity contribution in [3.63, 3.8) is 0 Å². The van der Waals surface area contributed by atoms with Gasteiger partial charge in [-0.25, -0.2) is 4.63 Å². The molecule has 10 heteroatoms. The largest absolute Gasteiger partial charge is 0.383 e. The molecule has 0 amide bonds. The Labute approximate surface area is 142 Å². The van der Waals surface area contributed by atoms with Gasteiger partial charge in [0, 0.05) is 13.7 Å². The number of hydrogen-bond acceptors (Lipinski definition) is 8. The zero-order valence-electron chi connectivity index (χ0n) is 12.2. The van der Waals surface area contributed by atoms with Crippen molar-refractivity contribution in [3.8, 4) is 0 Å². The molecule has 0 atom stereocenters. The predicted octanol–water partition coefficient (Wildman–Crippen LogP) is 2.02. The van der Waals surface area contributed by atoms with E-state index in [0.29, 0.717) is 46.3 Å². The fourth-order valence-corrected chi connectivity index (χ4v) is 2.56. The molecule has 0 radical (unpaired) electrons. The van der Waals surface area contributed by atoms with Crippen molar-refractivity contribution in [2.24, 2.45) is 11.5 Å². The normalized spacial score (nSPS) is 14.4. The maximum absolute atomic E-state index is 6.19. The highest BCUT2D eigenvalue weighted by Crippen LogP contribution is 2.40. The van der Waals surface area contributed by atoms with Crippen molar-refractivity contribution < 1.29 is 9.37 Å². The molecular formula is C13H14Cl2N6O2. The van der Waals surface area contributed by atoms with Gasteiger partial charge in [-0.05, 0) is 28.5 Å². The minimum Gasteiger partial charge on any atom is -0.383 e. The van der Waals surface area contributed by atoms with E-state index in [9.17, 15) is 0 Å². The van der Waals surface area contributed by atoms with Gasteiger partial charge >= 0.3 is 0 Å². The Morgan fingerprint density at radius 1 is 1.13 bits per heavy atom. The number of fused-ring (bicyclic) bond motifs is 1. The molecule has 2 aromatic rings. The van der Waals surface area contributed by atoms with Gasteiger partial charge in [-0.2, -0.15) is 0 Å². The summed E-state index contributed by atoms with van der Waals surface area (Å²) >= 11 is 12.0. The summed E-state index contributed by atoms with van der Waals surface area (Å²) in [6.07, 6.45) is 0. The van der Waals surface area contributed by atoms with Gasteiger partial charge in [-0.15, -0.1) is 0 Å². The number of hydrogen-bond donors (Lipinski definition) is 2. The van der Waals surface area contributed by atoms with Gasteiger partial charge in [0.2, 0.25) is 11.6 Å². The van der Waals surface area contributed by atoms with E-state index in [2.05, 4.69) is 10.3 Å². The summed E-state index contributed by atoms with van der Waals surface area (Å²) in [5.74, 6) is 1.45. The molecule has 1 aliphatic heterocycles. The second-order valence-corrected chi connectivity index (χ2v) is 5.57. The number of benzene rings is 1. The molecule has 122 valence electrons. The van der Waals surface area contributed by atoms with Crippen molar-refractivity contribution in [3.05, 3.63) is 39.9 Å². The van der Waals surface area contributed by atoms with E-state index < -0.39 is 0 Å². The lowest BCUT2D eigenvalue weighted by Gasteiger charge is -2.34. The number of ether oxygens (including phenoxy) is 1. The van der Waals surface area contributed by atoms with E-state index in [-0.39, 0.29) is 5.82 Å². The lowest BCUT2D eigenvalue weighted by atomic mass is 10.2. The van der Waals surface area contributed by atoms with Crippen molar-refractivity contribution in [2.45, 2.75) is 0 Å². The van der Waals surface area contributed by atoms with E-state index >= 15 is 0 Å². The van der Waals surface area contributed by atoms with Gasteiger partial charge in [-0.3, -0.25) is 4.90 Å². The van der Waals surface area contributed by atoms with Crippen LogP contribution in [0.2, 0.25) is 10.0 Å². The van der Waals surface area contributed by atoms with Crippen LogP contribution in [0.1, 0.15) is 0 Å². The maximum atomic E-state index is 6.19. The highest BCUT2D eigenvalue weighted by atomic mass is 35.5. The molecule has 3 rings (SSSR count). The van der Waals surface area contributed by atoms with E-state index in [1.165, 1.54) is 0 Å². The van der Waals surface area contributed by atoms with Crippen LogP contribution < -0.4 is 21.3 Å². The molecule has 0 saturated heterocycles. The van der Waals surface area contributed by atoms with Crippen molar-refractivity contribution in [1.29, 1.82) is 0 Å². The highest BCUT2D eigenvalue weighted by molar-refractivity contribution is 6.42. The van der Waals surface area contributed by atoms with Crippen molar-refractivity contribution in [2.75, 3.05) is 30.1 Å². The first-order chi connectivity index (χ1) is 11.0. The van der Waals surface area contributed by atoms with E-state index in [0.717, 1.165) is 0 Å². The van der Waals surface area contributed by atoms with Crippen molar-refractivity contribution >= 4 is 40.5 Å². The summed E-state index contributed by atoms with van der Waals surface area (Å²) in [5.41, 5.74) is 13.0. The lowest BCUT2D eigenvalue weighted by Crippen LogP contribution is -2.42. The Morgan fingerprint density at radius 3 is 2.57 bits per heavy atom. The molecule has 1 aromatic heterocycles. The summed E-state index contributed by atoms with van der Waals surface area (Å²) in [7, 11) is 1.59. The number of halogens is 2. The molecule has 2 heterocycles. The van der Waals surface area contributed by atoms with E-state index in [1.807, 2.05) is 0 Å². The van der Waals surface area contributed by atoms with Crippen LogP contribution in [0.3, 0.4) is 0 Å². The molecule has 4 N–H and O–H groups in total. The summed E-state index contributed by atoms with van der Waals surface area (Å²) < 4.78 is 9.93. The van der Waals surface area contributed by atoms with Crippen molar-refractivity contribution in [1.82, 2.24) is 10.3 Å². The topological polar surface area (TPSA) is 107 Å². The molecule has 0 spiro atoms. The third-order valence-corrected chi connectivity index (χ3v) is 4.14. The first kappa shape index (κ1) is 15.7. The number of anilines is 3. The monoisotopic (exact) mass is 356 g/mol. The molecular weight excluding hydrogens is 343 g/mol. The average molecular weight is 357 g/mol. The fraction of sp³-hybridized carbons (Fsp3) is 0.231. The Bertz CT molecular complexity index is 763. The highest BCUT2D eigenvalue weighted by Gasteiger charge is 2.34. The second kappa shape index (κ2) is 6.15. The van der Waals surface area contributed by atoms with Gasteiger partial charge in [0.05, 0.1) is 22.3 Å². The van der Waals surface area contributed by atoms with Gasteiger partial charge in [0.1, 0.15) is 5.82 Å². The van der Waals surface area contributed by atoms with Crippen LogP contribution in [0.25, 0.3) is 0 Å². The van der Waals surface area contributed by atoms with E-state index in [4.69, 9.17) is 44.0 Å². The van der Waals surface area contributed by atoms with Crippen LogP contribution in [0, 0.1) is 0 Å². The molecule has 1 aliphatic rings. The number of rotatable bonds is 4. The molecule has 0 saturated carbocycles. The molecule has 23 heavy (non-hydrogen) atoms. The number of methoxy groups -OCH3 is 1. The first-order valence-electron chi connectivity index (χ1n) is 6.64. The molecule has 0 unspecified atom stereocenters. The molecule has 8 nitrogen and oxygen atoms in total. The number of aromatic nitrogens is 2. The quantitative estimate of drug-likeness (QED) is 0.856. The lowest BCUT2D eigenvalue weighted by molar-refractivity contribution is 0.206. The van der Waals surface area contributed by atoms with Crippen LogP contribution in [-0.2, 0) is 4.74 Å². The van der Waals surface area contributed by atoms with Crippen LogP contribution in [-0.4, -0.2) is 30.6 Å². The minimum absolute atomic E-state index is 0.280. The molecule has 1 aromatic carbocycles. The smallest absolute Gasteiger partial charge is 0.228 e. The van der Waals surface area contributed by atoms with Gasteiger partial charge in [-0.1, -0.05) is 23.2 Å². The maximum Gasteiger partial charge on any atom is 0.228 e. The third kappa shape index (κ3) is 2.65. The minimum atomic E-state index is 0.280. The Hall–Kier alpha value is -2.16. The zero-order valence-corrected chi connectivity index (χ0v) is 13.7. The van der Waals surface area contributed by atoms with Crippen LogP contribution in [0.5, 0.6) is 0 Å². The van der Waals surface area contributed by atoms with Gasteiger partial charge < -0.3 is 21.1 Å². The standard InChI is InChI=1S/C13H14Cl2N6O2/c1-22-5-4-20-10(16)11(17)21(13-12(20)18-23-19-13)7-2-3-8(14)9(15)6-7/h2-3,6H,4-5,16-17H2,1H3. The summed E-state index contributed by atoms with van der Waals surface area (Å²) in [6, 6.07) is 5.07. The average Bonchev–Trinajstić information content (AvgIpc) is 3.00. The molecule has 0 fully saturated rings. The Kier molecular flexibility index (Phi) is 4.20. The Balaban J connectivity index is 2.08. The van der Waals surface area contributed by atoms with E-state index in [1.54, 1.807) is 35.1 Å². The number of nitrogens with zero attached hydrogens (tertiary/aromatic N) is 4. The summed E-state index contributed by atoms with van der Waals surface area (Å²) in [6.45, 7) is 0.895. The van der Waals surface area contributed by atoms with Gasteiger partial charge in [0.15, 0.2) is 5.82 Å². The third-order valence-electron chi connectivity index (χ3n) is 3.40. The molecule has 0 bridgehead atoms. The number of nitrogens with two attached hydrogens (primary N) is 2. The predicted molar refractivity (Wildman–Crippen MR) is 87.5 cm³/mol. The van der Waals surface area contributed by atoms with Crippen LogP contribution in [0.4, 0.5) is 17.3 Å². The fourth-order valence-electron chi connectivity index (χ4n) is 2.27. The Morgan fingerprint density at radius 2 is 1.87 bits per heavy atom. The van der Waals surface area contributed by atoms with Crippen LogP contribution >= 0.6 is 23.2 Å². The summed E-state index contributed by atoms with van der Waals surface area (Å²) in [4.78, 5) is 3.28. The van der Waals surface area contributed by atoms with Gasteiger partial charge in [0.25, 0.3) is 0 Å². The second-order valence-electron chi connectivity index (χ2n) is 4.76.